The first-order chi connectivity index (χ1) is 9.97. The van der Waals surface area contributed by atoms with Gasteiger partial charge in [0.05, 0.1) is 11.3 Å². The van der Waals surface area contributed by atoms with Gasteiger partial charge in [0.1, 0.15) is 0 Å². The topological polar surface area (TPSA) is 75.1 Å². The normalized spacial score (nSPS) is 10.7. The van der Waals surface area contributed by atoms with E-state index in [9.17, 15) is 4.79 Å². The van der Waals surface area contributed by atoms with Gasteiger partial charge in [-0.25, -0.2) is 14.8 Å². The van der Waals surface area contributed by atoms with Gasteiger partial charge in [-0.05, 0) is 24.0 Å². The molecule has 0 fully saturated rings. The molecule has 2 aromatic rings. The standard InChI is InChI=1S/C16H19N3O2/c1-10(2)13-6-4-12(5-7-13)8-17-16-18-9-14(15(20)21)11(3)19-16/h4-7,9-10H,8H2,1-3H3,(H,20,21)(H,17,18,19). The van der Waals surface area contributed by atoms with E-state index in [1.54, 1.807) is 6.92 Å². The third-order valence-corrected chi connectivity index (χ3v) is 3.31. The molecule has 110 valence electrons. The molecule has 0 aliphatic rings. The molecule has 2 rings (SSSR count). The van der Waals surface area contributed by atoms with Crippen LogP contribution in [0.3, 0.4) is 0 Å². The second-order valence-corrected chi connectivity index (χ2v) is 5.25. The molecule has 1 aromatic carbocycles. The summed E-state index contributed by atoms with van der Waals surface area (Å²) in [5.74, 6) is -0.0599. The first kappa shape index (κ1) is 15.0. The van der Waals surface area contributed by atoms with Crippen molar-refractivity contribution < 1.29 is 9.90 Å². The molecule has 0 saturated carbocycles. The van der Waals surface area contributed by atoms with Crippen molar-refractivity contribution in [2.75, 3.05) is 5.32 Å². The largest absolute Gasteiger partial charge is 0.478 e. The first-order valence-corrected chi connectivity index (χ1v) is 6.87. The molecule has 0 bridgehead atoms. The summed E-state index contributed by atoms with van der Waals surface area (Å²) in [5.41, 5.74) is 3.01. The number of rotatable bonds is 5. The average Bonchev–Trinajstić information content (AvgIpc) is 2.45. The SMILES string of the molecule is Cc1nc(NCc2ccc(C(C)C)cc2)ncc1C(=O)O. The Bertz CT molecular complexity index is 636. The van der Waals surface area contributed by atoms with Crippen LogP contribution in [0.2, 0.25) is 0 Å². The number of nitrogens with one attached hydrogen (secondary N) is 1. The van der Waals surface area contributed by atoms with Crippen molar-refractivity contribution in [3.63, 3.8) is 0 Å². The Kier molecular flexibility index (Phi) is 4.52. The number of aryl methyl sites for hydroxylation is 1. The van der Waals surface area contributed by atoms with E-state index in [1.165, 1.54) is 11.8 Å². The number of carboxylic acids is 1. The van der Waals surface area contributed by atoms with E-state index < -0.39 is 5.97 Å². The first-order valence-electron chi connectivity index (χ1n) is 6.87. The smallest absolute Gasteiger partial charge is 0.339 e. The van der Waals surface area contributed by atoms with Crippen LogP contribution in [0.4, 0.5) is 5.95 Å². The third kappa shape index (κ3) is 3.78. The molecule has 2 N–H and O–H groups in total. The minimum Gasteiger partial charge on any atom is -0.478 e. The fourth-order valence-electron chi connectivity index (χ4n) is 1.96. The monoisotopic (exact) mass is 285 g/mol. The number of benzene rings is 1. The van der Waals surface area contributed by atoms with Gasteiger partial charge in [-0.2, -0.15) is 0 Å². The summed E-state index contributed by atoms with van der Waals surface area (Å²) in [4.78, 5) is 19.1. The third-order valence-electron chi connectivity index (χ3n) is 3.31. The van der Waals surface area contributed by atoms with E-state index in [1.807, 2.05) is 0 Å². The zero-order chi connectivity index (χ0) is 15.4. The zero-order valence-corrected chi connectivity index (χ0v) is 12.4. The molecule has 0 radical (unpaired) electrons. The number of hydrogen-bond acceptors (Lipinski definition) is 4. The summed E-state index contributed by atoms with van der Waals surface area (Å²) in [5, 5.41) is 12.0. The maximum absolute atomic E-state index is 10.9. The number of carbonyl (C=O) groups is 1. The number of hydrogen-bond donors (Lipinski definition) is 2. The second-order valence-electron chi connectivity index (χ2n) is 5.25. The molecule has 21 heavy (non-hydrogen) atoms. The van der Waals surface area contributed by atoms with Gasteiger partial charge >= 0.3 is 5.97 Å². The van der Waals surface area contributed by atoms with Gasteiger partial charge < -0.3 is 10.4 Å². The van der Waals surface area contributed by atoms with E-state index in [0.717, 1.165) is 5.56 Å². The van der Waals surface area contributed by atoms with Gasteiger partial charge in [0, 0.05) is 12.7 Å². The molecule has 5 heteroatoms. The molecule has 1 aromatic heterocycles. The number of nitrogens with zero attached hydrogens (tertiary/aromatic N) is 2. The average molecular weight is 285 g/mol. The van der Waals surface area contributed by atoms with Gasteiger partial charge in [0.15, 0.2) is 0 Å². The van der Waals surface area contributed by atoms with Crippen molar-refractivity contribution in [1.29, 1.82) is 0 Å². The molecule has 0 atom stereocenters. The highest BCUT2D eigenvalue weighted by atomic mass is 16.4. The van der Waals surface area contributed by atoms with Gasteiger partial charge in [-0.15, -0.1) is 0 Å². The summed E-state index contributed by atoms with van der Waals surface area (Å²) in [6.45, 7) is 6.58. The Morgan fingerprint density at radius 2 is 1.95 bits per heavy atom. The van der Waals surface area contributed by atoms with Crippen LogP contribution in [0.25, 0.3) is 0 Å². The van der Waals surface area contributed by atoms with E-state index in [2.05, 4.69) is 53.4 Å². The quantitative estimate of drug-likeness (QED) is 0.882. The summed E-state index contributed by atoms with van der Waals surface area (Å²) in [6, 6.07) is 8.37. The van der Waals surface area contributed by atoms with E-state index in [-0.39, 0.29) is 5.56 Å². The molecule has 0 saturated heterocycles. The van der Waals surface area contributed by atoms with Crippen molar-refractivity contribution in [1.82, 2.24) is 9.97 Å². The fourth-order valence-corrected chi connectivity index (χ4v) is 1.96. The summed E-state index contributed by atoms with van der Waals surface area (Å²) < 4.78 is 0. The summed E-state index contributed by atoms with van der Waals surface area (Å²) in [6.07, 6.45) is 1.33. The molecular formula is C16H19N3O2. The van der Waals surface area contributed by atoms with Gasteiger partial charge in [0.2, 0.25) is 5.95 Å². The maximum Gasteiger partial charge on any atom is 0.339 e. The highest BCUT2D eigenvalue weighted by Crippen LogP contribution is 2.15. The van der Waals surface area contributed by atoms with E-state index >= 15 is 0 Å². The van der Waals surface area contributed by atoms with Crippen LogP contribution in [-0.2, 0) is 6.54 Å². The molecule has 5 nitrogen and oxygen atoms in total. The lowest BCUT2D eigenvalue weighted by Gasteiger charge is -2.09. The predicted octanol–water partition coefficient (Wildman–Crippen LogP) is 3.22. The van der Waals surface area contributed by atoms with Crippen molar-refractivity contribution in [3.05, 3.63) is 52.8 Å². The maximum atomic E-state index is 10.9. The van der Waals surface area contributed by atoms with Crippen LogP contribution in [-0.4, -0.2) is 21.0 Å². The van der Waals surface area contributed by atoms with Crippen LogP contribution in [0.5, 0.6) is 0 Å². The van der Waals surface area contributed by atoms with Crippen molar-refractivity contribution in [2.45, 2.75) is 33.2 Å². The highest BCUT2D eigenvalue weighted by molar-refractivity contribution is 5.88. The van der Waals surface area contributed by atoms with Crippen LogP contribution < -0.4 is 5.32 Å². The van der Waals surface area contributed by atoms with Crippen LogP contribution in [0.1, 0.15) is 46.9 Å². The molecular weight excluding hydrogens is 266 g/mol. The van der Waals surface area contributed by atoms with Crippen molar-refractivity contribution in [2.24, 2.45) is 0 Å². The van der Waals surface area contributed by atoms with Gasteiger partial charge in [-0.3, -0.25) is 0 Å². The highest BCUT2D eigenvalue weighted by Gasteiger charge is 2.09. The number of carboxylic acid groups (broad SMARTS) is 1. The van der Waals surface area contributed by atoms with Crippen molar-refractivity contribution >= 4 is 11.9 Å². The predicted molar refractivity (Wildman–Crippen MR) is 81.6 cm³/mol. The van der Waals surface area contributed by atoms with E-state index in [4.69, 9.17) is 5.11 Å². The van der Waals surface area contributed by atoms with Crippen LogP contribution >= 0.6 is 0 Å². The van der Waals surface area contributed by atoms with Crippen molar-refractivity contribution in [3.8, 4) is 0 Å². The zero-order valence-electron chi connectivity index (χ0n) is 12.4. The Balaban J connectivity index is 2.03. The van der Waals surface area contributed by atoms with Crippen LogP contribution in [0, 0.1) is 6.92 Å². The lowest BCUT2D eigenvalue weighted by Crippen LogP contribution is -2.08. The van der Waals surface area contributed by atoms with E-state index in [0.29, 0.717) is 24.1 Å². The second kappa shape index (κ2) is 6.35. The molecule has 0 spiro atoms. The minimum atomic E-state index is -1.01. The summed E-state index contributed by atoms with van der Waals surface area (Å²) >= 11 is 0. The number of aromatic carboxylic acids is 1. The molecule has 0 aliphatic carbocycles. The molecule has 1 heterocycles. The Labute approximate surface area is 124 Å². The minimum absolute atomic E-state index is 0.127. The molecule has 0 aliphatic heterocycles. The fraction of sp³-hybridized carbons (Fsp3) is 0.312. The Hall–Kier alpha value is -2.43. The molecule has 0 amide bonds. The van der Waals surface area contributed by atoms with Crippen LogP contribution in [0.15, 0.2) is 30.5 Å². The lowest BCUT2D eigenvalue weighted by molar-refractivity contribution is 0.0695. The van der Waals surface area contributed by atoms with Gasteiger partial charge in [0.25, 0.3) is 0 Å². The Morgan fingerprint density at radius 1 is 1.29 bits per heavy atom. The summed E-state index contributed by atoms with van der Waals surface area (Å²) in [7, 11) is 0. The van der Waals surface area contributed by atoms with Gasteiger partial charge in [-0.1, -0.05) is 38.1 Å². The lowest BCUT2D eigenvalue weighted by atomic mass is 10.0. The Morgan fingerprint density at radius 3 is 2.48 bits per heavy atom. The number of aromatic nitrogens is 2. The molecule has 0 unspecified atom stereocenters. The number of anilines is 1.